The number of aliphatic hydroxyl groups excluding tert-OH is 1. The van der Waals surface area contributed by atoms with Gasteiger partial charge in [-0.05, 0) is 12.5 Å². The van der Waals surface area contributed by atoms with Crippen molar-refractivity contribution in [1.29, 1.82) is 0 Å². The molecule has 1 N–H and O–H groups in total. The highest BCUT2D eigenvalue weighted by Crippen LogP contribution is 2.17. The second-order valence-corrected chi connectivity index (χ2v) is 2.77. The lowest BCUT2D eigenvalue weighted by molar-refractivity contribution is -0.115. The predicted octanol–water partition coefficient (Wildman–Crippen LogP) is 0.570. The Hall–Kier alpha value is -0.930. The van der Waals surface area contributed by atoms with Crippen LogP contribution in [0.4, 0.5) is 0 Å². The van der Waals surface area contributed by atoms with Gasteiger partial charge in [0.2, 0.25) is 5.78 Å². The molecule has 1 rings (SSSR count). The zero-order valence-corrected chi connectivity index (χ0v) is 6.97. The average molecular weight is 187 g/mol. The van der Waals surface area contributed by atoms with E-state index in [1.165, 1.54) is 6.08 Å². The molecule has 0 aromatic carbocycles. The monoisotopic (exact) mass is 186 g/mol. The minimum atomic E-state index is -0.370. The van der Waals surface area contributed by atoms with Crippen LogP contribution in [0.5, 0.6) is 0 Å². The summed E-state index contributed by atoms with van der Waals surface area (Å²) in [7, 11) is 0. The van der Waals surface area contributed by atoms with Gasteiger partial charge in [-0.15, -0.1) is 0 Å². The van der Waals surface area contributed by atoms with Crippen LogP contribution in [0, 0.1) is 0 Å². The van der Waals surface area contributed by atoms with Gasteiger partial charge in [-0.2, -0.15) is 0 Å². The summed E-state index contributed by atoms with van der Waals surface area (Å²) in [4.78, 5) is 22.0. The molecule has 1 aliphatic carbocycles. The minimum Gasteiger partial charge on any atom is -0.396 e. The van der Waals surface area contributed by atoms with Crippen molar-refractivity contribution in [3.8, 4) is 0 Å². The molecule has 12 heavy (non-hydrogen) atoms. The third-order valence-corrected chi connectivity index (χ3v) is 1.76. The Kier molecular flexibility index (Phi) is 2.78. The Balaban J connectivity index is 2.88. The number of Topliss-reactive ketones (excluding diaryl/α,β-unsaturated/α-hetero) is 1. The molecule has 0 saturated carbocycles. The van der Waals surface area contributed by atoms with Gasteiger partial charge in [-0.3, -0.25) is 9.59 Å². The molecule has 0 spiro atoms. The molecule has 3 nitrogen and oxygen atoms in total. The van der Waals surface area contributed by atoms with Gasteiger partial charge in [0.05, 0.1) is 5.03 Å². The van der Waals surface area contributed by atoms with Crippen LogP contribution >= 0.6 is 11.6 Å². The van der Waals surface area contributed by atoms with Crippen LogP contribution in [0.2, 0.25) is 0 Å². The van der Waals surface area contributed by atoms with Crippen molar-refractivity contribution < 1.29 is 14.7 Å². The third kappa shape index (κ3) is 1.81. The molecular weight excluding hydrogens is 180 g/mol. The standard InChI is InChI=1S/C8H7ClO3/c9-7-4-6(11)3-5(1-2-10)8(7)12/h3-4,10H,1-2H2. The number of aliphatic hydroxyl groups is 1. The van der Waals surface area contributed by atoms with Crippen LogP contribution < -0.4 is 0 Å². The summed E-state index contributed by atoms with van der Waals surface area (Å²) in [6.45, 7) is -0.158. The van der Waals surface area contributed by atoms with Crippen molar-refractivity contribution in [2.24, 2.45) is 0 Å². The van der Waals surface area contributed by atoms with E-state index >= 15 is 0 Å². The first-order chi connectivity index (χ1) is 5.65. The number of rotatable bonds is 2. The maximum Gasteiger partial charge on any atom is 0.200 e. The zero-order valence-electron chi connectivity index (χ0n) is 6.21. The molecule has 0 atom stereocenters. The zero-order chi connectivity index (χ0) is 9.14. The first-order valence-corrected chi connectivity index (χ1v) is 3.80. The molecule has 0 bridgehead atoms. The number of carbonyl (C=O) groups excluding carboxylic acids is 2. The van der Waals surface area contributed by atoms with Crippen LogP contribution in [-0.2, 0) is 9.59 Å². The Bertz CT molecular complexity index is 289. The van der Waals surface area contributed by atoms with E-state index in [2.05, 4.69) is 0 Å². The van der Waals surface area contributed by atoms with E-state index in [-0.39, 0.29) is 35.2 Å². The van der Waals surface area contributed by atoms with Crippen LogP contribution in [0.3, 0.4) is 0 Å². The second-order valence-electron chi connectivity index (χ2n) is 2.37. The summed E-state index contributed by atoms with van der Waals surface area (Å²) in [5.41, 5.74) is 0.273. The molecule has 0 fully saturated rings. The Morgan fingerprint density at radius 2 is 2.00 bits per heavy atom. The fourth-order valence-corrected chi connectivity index (χ4v) is 1.16. The van der Waals surface area contributed by atoms with Gasteiger partial charge >= 0.3 is 0 Å². The number of halogens is 1. The molecule has 0 saturated heterocycles. The van der Waals surface area contributed by atoms with Gasteiger partial charge in [0.1, 0.15) is 0 Å². The molecule has 0 aliphatic heterocycles. The van der Waals surface area contributed by atoms with E-state index in [1.54, 1.807) is 0 Å². The molecule has 0 aromatic heterocycles. The molecular formula is C8H7ClO3. The summed E-state index contributed by atoms with van der Waals surface area (Å²) in [6.07, 6.45) is 2.45. The fraction of sp³-hybridized carbons (Fsp3) is 0.250. The summed E-state index contributed by atoms with van der Waals surface area (Å²) in [5, 5.41) is 8.46. The van der Waals surface area contributed by atoms with Crippen molar-refractivity contribution in [2.75, 3.05) is 6.61 Å². The largest absolute Gasteiger partial charge is 0.396 e. The molecule has 1 aliphatic rings. The highest BCUT2D eigenvalue weighted by atomic mass is 35.5. The third-order valence-electron chi connectivity index (χ3n) is 1.48. The highest BCUT2D eigenvalue weighted by molar-refractivity contribution is 6.48. The summed E-state index contributed by atoms with van der Waals surface area (Å²) >= 11 is 5.46. The maximum atomic E-state index is 11.1. The van der Waals surface area contributed by atoms with Crippen molar-refractivity contribution >= 4 is 23.2 Å². The summed E-state index contributed by atoms with van der Waals surface area (Å²) in [6, 6.07) is 0. The predicted molar refractivity (Wildman–Crippen MR) is 43.7 cm³/mol. The number of carbonyl (C=O) groups is 2. The van der Waals surface area contributed by atoms with Crippen LogP contribution in [0.1, 0.15) is 6.42 Å². The fourth-order valence-electron chi connectivity index (χ4n) is 0.929. The number of ketones is 2. The topological polar surface area (TPSA) is 54.4 Å². The number of hydrogen-bond acceptors (Lipinski definition) is 3. The van der Waals surface area contributed by atoms with E-state index in [4.69, 9.17) is 16.7 Å². The van der Waals surface area contributed by atoms with Gasteiger partial charge in [0.25, 0.3) is 0 Å². The van der Waals surface area contributed by atoms with Gasteiger partial charge in [0, 0.05) is 18.3 Å². The molecule has 0 amide bonds. The molecule has 0 aromatic rings. The SMILES string of the molecule is O=C1C=C(Cl)C(=O)C(CCO)=C1. The average Bonchev–Trinajstić information content (AvgIpc) is 2.00. The lowest BCUT2D eigenvalue weighted by Gasteiger charge is -2.06. The maximum absolute atomic E-state index is 11.1. The van der Waals surface area contributed by atoms with Gasteiger partial charge < -0.3 is 5.11 Å². The summed E-state index contributed by atoms with van der Waals surface area (Å²) < 4.78 is 0. The van der Waals surface area contributed by atoms with E-state index in [0.29, 0.717) is 0 Å². The lowest BCUT2D eigenvalue weighted by Crippen LogP contribution is -2.12. The molecule has 0 heterocycles. The van der Waals surface area contributed by atoms with Crippen molar-refractivity contribution in [3.63, 3.8) is 0 Å². The van der Waals surface area contributed by atoms with Crippen LogP contribution in [0.15, 0.2) is 22.8 Å². The van der Waals surface area contributed by atoms with Gasteiger partial charge in [-0.1, -0.05) is 11.6 Å². The number of hydrogen-bond donors (Lipinski definition) is 1. The second kappa shape index (κ2) is 3.65. The normalized spacial score (nSPS) is 17.5. The highest BCUT2D eigenvalue weighted by Gasteiger charge is 2.19. The van der Waals surface area contributed by atoms with Crippen molar-refractivity contribution in [3.05, 3.63) is 22.8 Å². The lowest BCUT2D eigenvalue weighted by atomic mass is 10.0. The first-order valence-electron chi connectivity index (χ1n) is 3.42. The molecule has 0 unspecified atom stereocenters. The van der Waals surface area contributed by atoms with E-state index in [1.807, 2.05) is 0 Å². The van der Waals surface area contributed by atoms with E-state index in [9.17, 15) is 9.59 Å². The van der Waals surface area contributed by atoms with Crippen molar-refractivity contribution in [2.45, 2.75) is 6.42 Å². The first kappa shape index (κ1) is 9.16. The quantitative estimate of drug-likeness (QED) is 0.642. The Morgan fingerprint density at radius 3 is 2.58 bits per heavy atom. The smallest absolute Gasteiger partial charge is 0.200 e. The van der Waals surface area contributed by atoms with E-state index in [0.717, 1.165) is 6.08 Å². The van der Waals surface area contributed by atoms with E-state index < -0.39 is 0 Å². The Labute approximate surface area is 74.3 Å². The van der Waals surface area contributed by atoms with Gasteiger partial charge in [0.15, 0.2) is 5.78 Å². The van der Waals surface area contributed by atoms with Gasteiger partial charge in [-0.25, -0.2) is 0 Å². The molecule has 64 valence electrons. The molecule has 4 heteroatoms. The van der Waals surface area contributed by atoms with Crippen LogP contribution in [-0.4, -0.2) is 23.3 Å². The van der Waals surface area contributed by atoms with Crippen LogP contribution in [0.25, 0.3) is 0 Å². The molecule has 0 radical (unpaired) electrons. The number of allylic oxidation sites excluding steroid dienone is 3. The van der Waals surface area contributed by atoms with Crippen molar-refractivity contribution in [1.82, 2.24) is 0 Å². The Morgan fingerprint density at radius 1 is 1.33 bits per heavy atom. The summed E-state index contributed by atoms with van der Waals surface area (Å²) in [5.74, 6) is -0.673. The minimum absolute atomic E-state index is 0.0778.